The van der Waals surface area contributed by atoms with E-state index in [2.05, 4.69) is 81.0 Å². The molecule has 0 amide bonds. The van der Waals surface area contributed by atoms with Gasteiger partial charge in [-0.1, -0.05) is 81.9 Å². The molecule has 0 aliphatic rings. The predicted molar refractivity (Wildman–Crippen MR) is 163 cm³/mol. The Balaban J connectivity index is 0.000000758. The zero-order chi connectivity index (χ0) is 27.8. The van der Waals surface area contributed by atoms with E-state index < -0.39 is 0 Å². The molecule has 0 bridgehead atoms. The molecule has 0 spiro atoms. The summed E-state index contributed by atoms with van der Waals surface area (Å²) in [5, 5.41) is 10.9. The van der Waals surface area contributed by atoms with Crippen LogP contribution in [0.4, 0.5) is 0 Å². The molecule has 4 nitrogen and oxygen atoms in total. The van der Waals surface area contributed by atoms with E-state index in [1.807, 2.05) is 27.7 Å². The smallest absolute Gasteiger partial charge is 0.162 e. The minimum atomic E-state index is 0. The van der Waals surface area contributed by atoms with Crippen LogP contribution in [0.15, 0.2) is 48.5 Å². The van der Waals surface area contributed by atoms with Gasteiger partial charge < -0.3 is 5.11 Å². The Morgan fingerprint density at radius 1 is 0.949 bits per heavy atom. The third-order valence-corrected chi connectivity index (χ3v) is 6.99. The van der Waals surface area contributed by atoms with Gasteiger partial charge >= 0.3 is 0 Å². The Kier molecular flexibility index (Phi) is 15.7. The van der Waals surface area contributed by atoms with E-state index in [0.717, 1.165) is 53.4 Å². The maximum Gasteiger partial charge on any atom is 0.162 e. The van der Waals surface area contributed by atoms with Crippen molar-refractivity contribution >= 4 is 16.7 Å². The summed E-state index contributed by atoms with van der Waals surface area (Å²) in [6.07, 6.45) is 6.55. The number of fused-ring (bicyclic) bond motifs is 1. The number of aliphatic hydroxyl groups excluding tert-OH is 1. The number of ketones is 1. The second-order valence-electron chi connectivity index (χ2n) is 11.0. The summed E-state index contributed by atoms with van der Waals surface area (Å²) < 4.78 is 0. The first-order valence-corrected chi connectivity index (χ1v) is 13.7. The quantitative estimate of drug-likeness (QED) is 0.144. The van der Waals surface area contributed by atoms with Crippen molar-refractivity contribution < 1.29 is 30.0 Å². The molecule has 0 saturated heterocycles. The molecule has 1 radical (unpaired) electrons. The first kappa shape index (κ1) is 36.6. The average Bonchev–Trinajstić information content (AvgIpc) is 2.84. The molecule has 0 unspecified atom stereocenters. The summed E-state index contributed by atoms with van der Waals surface area (Å²) in [5.74, 6) is 0.547. The molecule has 0 saturated carbocycles. The zero-order valence-corrected chi connectivity index (χ0v) is 27.0. The summed E-state index contributed by atoms with van der Waals surface area (Å²) in [7, 11) is 0. The van der Waals surface area contributed by atoms with Crippen LogP contribution in [-0.4, -0.2) is 20.9 Å². The molecule has 1 aromatic heterocycles. The number of benzene rings is 2. The first-order valence-electron chi connectivity index (χ1n) is 13.7. The van der Waals surface area contributed by atoms with Gasteiger partial charge in [0.25, 0.3) is 0 Å². The van der Waals surface area contributed by atoms with Gasteiger partial charge in [-0.2, -0.15) is 0 Å². The Labute approximate surface area is 251 Å². The van der Waals surface area contributed by atoms with Crippen molar-refractivity contribution in [1.82, 2.24) is 9.97 Å². The van der Waals surface area contributed by atoms with Crippen molar-refractivity contribution in [3.63, 3.8) is 0 Å². The number of carbonyl (C=O) groups excluding carboxylic acids is 1. The zero-order valence-electron chi connectivity index (χ0n) is 24.6. The van der Waals surface area contributed by atoms with Crippen LogP contribution in [0.2, 0.25) is 0 Å². The number of nitrogens with zero attached hydrogens (tertiary/aromatic N) is 2. The summed E-state index contributed by atoms with van der Waals surface area (Å²) in [5.41, 5.74) is 6.73. The summed E-state index contributed by atoms with van der Waals surface area (Å²) in [6.45, 7) is 18.9. The van der Waals surface area contributed by atoms with Crippen molar-refractivity contribution in [3.05, 3.63) is 71.3 Å². The van der Waals surface area contributed by atoms with Gasteiger partial charge in [0.15, 0.2) is 5.78 Å². The van der Waals surface area contributed by atoms with Crippen molar-refractivity contribution in [3.8, 4) is 11.3 Å². The second kappa shape index (κ2) is 16.7. The largest absolute Gasteiger partial charge is 0.512 e. The van der Waals surface area contributed by atoms with Gasteiger partial charge in [0.05, 0.1) is 11.3 Å². The molecule has 3 aromatic rings. The monoisotopic (exact) mass is 710 g/mol. The van der Waals surface area contributed by atoms with Crippen LogP contribution in [0.3, 0.4) is 0 Å². The topological polar surface area (TPSA) is 63.1 Å². The Morgan fingerprint density at radius 3 is 2.05 bits per heavy atom. The Bertz CT molecular complexity index is 1200. The molecule has 0 atom stereocenters. The van der Waals surface area contributed by atoms with Gasteiger partial charge in [-0.05, 0) is 53.8 Å². The number of allylic oxidation sites excluding steroid dienone is 2. The number of hydrogen-bond acceptors (Lipinski definition) is 4. The molecule has 1 N–H and O–H groups in total. The number of aryl methyl sites for hydroxylation is 2. The average molecular weight is 710 g/mol. The van der Waals surface area contributed by atoms with Crippen molar-refractivity contribution in [2.24, 2.45) is 11.8 Å². The van der Waals surface area contributed by atoms with Crippen LogP contribution >= 0.6 is 0 Å². The first-order chi connectivity index (χ1) is 17.4. The van der Waals surface area contributed by atoms with Crippen LogP contribution < -0.4 is 0 Å². The van der Waals surface area contributed by atoms with E-state index in [1.165, 1.54) is 17.2 Å². The molecule has 1 heterocycles. The third kappa shape index (κ3) is 10.3. The number of hydrogen-bond donors (Lipinski definition) is 1. The van der Waals surface area contributed by atoms with Gasteiger partial charge in [0.2, 0.25) is 0 Å². The minimum Gasteiger partial charge on any atom is -0.512 e. The van der Waals surface area contributed by atoms with E-state index in [4.69, 9.17) is 0 Å². The maximum atomic E-state index is 11.7. The Morgan fingerprint density at radius 2 is 1.54 bits per heavy atom. The molecule has 39 heavy (non-hydrogen) atoms. The molecular formula is C34H49IrN2O2-. The maximum absolute atomic E-state index is 11.7. The minimum absolute atomic E-state index is 0. The van der Waals surface area contributed by atoms with Gasteiger partial charge in [0, 0.05) is 38.0 Å². The van der Waals surface area contributed by atoms with Crippen molar-refractivity contribution in [2.75, 3.05) is 0 Å². The number of rotatable bonds is 8. The number of carbonyl (C=O) groups is 1. The van der Waals surface area contributed by atoms with E-state index in [9.17, 15) is 9.90 Å². The van der Waals surface area contributed by atoms with E-state index in [1.54, 1.807) is 6.33 Å². The molecule has 2 aromatic carbocycles. The standard InChI is InChI=1S/C20H21N2.C13H24O2.CH4.Ir/c1-13-8-14(2)10-15(9-13)19-17-11-16(20(3,4)5)6-7-18(17)21-12-22-19;1-5-10(6-2)12(14)9-13(15)11(7-3)8-4;;/h6-9,11-12H,1-5H3;9-11,14H,5-8H2,1-4H3;1H4;/q-1;;;. The van der Waals surface area contributed by atoms with Crippen LogP contribution in [-0.2, 0) is 30.3 Å². The number of aliphatic hydroxyl groups is 1. The van der Waals surface area contributed by atoms with E-state index >= 15 is 0 Å². The number of aromatic nitrogens is 2. The molecule has 5 heteroatoms. The predicted octanol–water partition coefficient (Wildman–Crippen LogP) is 9.51. The third-order valence-electron chi connectivity index (χ3n) is 6.99. The SMILES string of the molecule is C.CCC(CC)C(=O)C=C(O)C(CC)CC.Cc1[c-]c(-c2ncnc3ccc(C(C)(C)C)cc23)cc(C)c1.[Ir]. The van der Waals surface area contributed by atoms with E-state index in [0.29, 0.717) is 0 Å². The van der Waals surface area contributed by atoms with Crippen LogP contribution in [0.25, 0.3) is 22.2 Å². The molecule has 0 fully saturated rings. The van der Waals surface area contributed by atoms with Gasteiger partial charge in [0.1, 0.15) is 6.33 Å². The van der Waals surface area contributed by atoms with Gasteiger partial charge in [-0.3, -0.25) is 9.78 Å². The van der Waals surface area contributed by atoms with Crippen molar-refractivity contribution in [2.45, 2.75) is 101 Å². The van der Waals surface area contributed by atoms with Gasteiger partial charge in [-0.25, -0.2) is 4.98 Å². The van der Waals surface area contributed by atoms with Crippen LogP contribution in [0.5, 0.6) is 0 Å². The molecule has 217 valence electrons. The summed E-state index contributed by atoms with van der Waals surface area (Å²) in [4.78, 5) is 20.7. The van der Waals surface area contributed by atoms with Crippen LogP contribution in [0.1, 0.15) is 98.3 Å². The van der Waals surface area contributed by atoms with Crippen molar-refractivity contribution in [1.29, 1.82) is 0 Å². The summed E-state index contributed by atoms with van der Waals surface area (Å²) >= 11 is 0. The fraction of sp³-hybridized carbons (Fsp3) is 0.500. The molecular weight excluding hydrogens is 661 g/mol. The fourth-order valence-corrected chi connectivity index (χ4v) is 4.54. The molecule has 0 aliphatic heterocycles. The molecule has 3 rings (SSSR count). The fourth-order valence-electron chi connectivity index (χ4n) is 4.54. The second-order valence-corrected chi connectivity index (χ2v) is 11.0. The Hall–Kier alpha value is -2.36. The van der Waals surface area contributed by atoms with Gasteiger partial charge in [-0.15, -0.1) is 34.9 Å². The van der Waals surface area contributed by atoms with E-state index in [-0.39, 0.29) is 56.3 Å². The molecule has 0 aliphatic carbocycles. The normalized spacial score (nSPS) is 11.5. The summed E-state index contributed by atoms with van der Waals surface area (Å²) in [6, 6.07) is 14.2. The van der Waals surface area contributed by atoms with Crippen LogP contribution in [0, 0.1) is 31.7 Å².